The zero-order valence-corrected chi connectivity index (χ0v) is 15.0. The van der Waals surface area contributed by atoms with Crippen LogP contribution in [0, 0.1) is 0 Å². The molecule has 1 unspecified atom stereocenters. The van der Waals surface area contributed by atoms with Crippen LogP contribution in [0.2, 0.25) is 0 Å². The van der Waals surface area contributed by atoms with E-state index in [0.29, 0.717) is 18.7 Å². The van der Waals surface area contributed by atoms with Crippen LogP contribution in [0.15, 0.2) is 18.3 Å². The van der Waals surface area contributed by atoms with Gasteiger partial charge in [0.15, 0.2) is 0 Å². The Hall–Kier alpha value is -1.69. The lowest BCUT2D eigenvalue weighted by molar-refractivity contribution is -0.139. The van der Waals surface area contributed by atoms with Crippen LogP contribution in [0.5, 0.6) is 0 Å². The molecule has 3 rings (SSSR count). The highest BCUT2D eigenvalue weighted by atomic mass is 19.1. The van der Waals surface area contributed by atoms with Crippen LogP contribution in [-0.2, 0) is 9.53 Å². The molecule has 0 radical (unpaired) electrons. The van der Waals surface area contributed by atoms with E-state index in [-0.39, 0.29) is 18.6 Å². The van der Waals surface area contributed by atoms with Crippen molar-refractivity contribution >= 4 is 11.7 Å². The van der Waals surface area contributed by atoms with Crippen LogP contribution in [0.25, 0.3) is 0 Å². The van der Waals surface area contributed by atoms with E-state index in [1.165, 1.54) is 26.2 Å². The molecule has 1 amide bonds. The molecule has 6 heteroatoms. The molecule has 5 nitrogen and oxygen atoms in total. The standard InChI is InChI=1S/C19H28FN3O2/c1-15(20)16-7-8-18(21-13-16)22-9-11-23(12-10-22)19(24)14-25-17-5-3-2-4-6-17/h7-8,13,15,17H,2-6,9-12,14H2,1H3. The van der Waals surface area contributed by atoms with Gasteiger partial charge in [0, 0.05) is 37.9 Å². The van der Waals surface area contributed by atoms with Crippen LogP contribution in [-0.4, -0.2) is 54.7 Å². The highest BCUT2D eigenvalue weighted by Crippen LogP contribution is 2.21. The monoisotopic (exact) mass is 349 g/mol. The number of aromatic nitrogens is 1. The molecule has 25 heavy (non-hydrogen) atoms. The Morgan fingerprint density at radius 3 is 2.56 bits per heavy atom. The number of nitrogens with zero attached hydrogens (tertiary/aromatic N) is 3. The van der Waals surface area contributed by atoms with Gasteiger partial charge in [-0.15, -0.1) is 0 Å². The van der Waals surface area contributed by atoms with Gasteiger partial charge in [0.1, 0.15) is 18.6 Å². The first-order valence-electron chi connectivity index (χ1n) is 9.38. The van der Waals surface area contributed by atoms with Crippen molar-refractivity contribution in [2.75, 3.05) is 37.7 Å². The molecule has 0 bridgehead atoms. The smallest absolute Gasteiger partial charge is 0.248 e. The predicted molar refractivity (Wildman–Crippen MR) is 95.4 cm³/mol. The molecule has 0 spiro atoms. The summed E-state index contributed by atoms with van der Waals surface area (Å²) < 4.78 is 19.0. The third-order valence-corrected chi connectivity index (χ3v) is 5.18. The molecule has 138 valence electrons. The fourth-order valence-corrected chi connectivity index (χ4v) is 3.52. The number of piperazine rings is 1. The average Bonchev–Trinajstić information content (AvgIpc) is 2.67. The highest BCUT2D eigenvalue weighted by molar-refractivity contribution is 5.77. The molecule has 1 saturated heterocycles. The Balaban J connectivity index is 1.43. The van der Waals surface area contributed by atoms with Crippen molar-refractivity contribution in [3.63, 3.8) is 0 Å². The minimum atomic E-state index is -1.000. The largest absolute Gasteiger partial charge is 0.368 e. The van der Waals surface area contributed by atoms with Gasteiger partial charge in [-0.1, -0.05) is 25.3 Å². The topological polar surface area (TPSA) is 45.7 Å². The number of pyridine rings is 1. The summed E-state index contributed by atoms with van der Waals surface area (Å²) in [6, 6.07) is 3.64. The van der Waals surface area contributed by atoms with E-state index in [4.69, 9.17) is 4.74 Å². The molecule has 2 heterocycles. The van der Waals surface area contributed by atoms with E-state index in [0.717, 1.165) is 31.7 Å². The van der Waals surface area contributed by atoms with Crippen molar-refractivity contribution in [1.29, 1.82) is 0 Å². The number of ether oxygens (including phenoxy) is 1. The molecule has 2 aliphatic rings. The van der Waals surface area contributed by atoms with Crippen molar-refractivity contribution < 1.29 is 13.9 Å². The van der Waals surface area contributed by atoms with Crippen LogP contribution in [0.1, 0.15) is 50.8 Å². The number of hydrogen-bond donors (Lipinski definition) is 0. The fourth-order valence-electron chi connectivity index (χ4n) is 3.52. The summed E-state index contributed by atoms with van der Waals surface area (Å²) in [5.41, 5.74) is 0.595. The first-order chi connectivity index (χ1) is 12.1. The molecular formula is C19H28FN3O2. The SMILES string of the molecule is CC(F)c1ccc(N2CCN(C(=O)COC3CCCCC3)CC2)nc1. The van der Waals surface area contributed by atoms with Gasteiger partial charge in [-0.2, -0.15) is 0 Å². The second-order valence-corrected chi connectivity index (χ2v) is 7.00. The van der Waals surface area contributed by atoms with Crippen molar-refractivity contribution in [2.24, 2.45) is 0 Å². The van der Waals surface area contributed by atoms with Crippen molar-refractivity contribution in [1.82, 2.24) is 9.88 Å². The summed E-state index contributed by atoms with van der Waals surface area (Å²) in [4.78, 5) is 20.7. The first kappa shape index (κ1) is 18.1. The van der Waals surface area contributed by atoms with Crippen LogP contribution >= 0.6 is 0 Å². The molecule has 1 aliphatic heterocycles. The van der Waals surface area contributed by atoms with Gasteiger partial charge in [-0.3, -0.25) is 4.79 Å². The highest BCUT2D eigenvalue weighted by Gasteiger charge is 2.23. The molecule has 1 aliphatic carbocycles. The Bertz CT molecular complexity index is 550. The van der Waals surface area contributed by atoms with E-state index < -0.39 is 6.17 Å². The maximum Gasteiger partial charge on any atom is 0.248 e. The van der Waals surface area contributed by atoms with Crippen LogP contribution in [0.4, 0.5) is 10.2 Å². The lowest BCUT2D eigenvalue weighted by atomic mass is 9.98. The number of alkyl halides is 1. The summed E-state index contributed by atoms with van der Waals surface area (Å²) in [5, 5.41) is 0. The van der Waals surface area contributed by atoms with Gasteiger partial charge in [0.25, 0.3) is 0 Å². The van der Waals surface area contributed by atoms with Gasteiger partial charge >= 0.3 is 0 Å². The molecule has 0 aromatic carbocycles. The molecular weight excluding hydrogens is 321 g/mol. The molecule has 1 aromatic rings. The summed E-state index contributed by atoms with van der Waals surface area (Å²) in [6.07, 6.45) is 6.74. The molecule has 2 fully saturated rings. The number of anilines is 1. The quantitative estimate of drug-likeness (QED) is 0.819. The lowest BCUT2D eigenvalue weighted by Gasteiger charge is -2.35. The van der Waals surface area contributed by atoms with Gasteiger partial charge < -0.3 is 14.5 Å². The minimum absolute atomic E-state index is 0.0831. The Kier molecular flexibility index (Phi) is 6.24. The average molecular weight is 349 g/mol. The number of hydrogen-bond acceptors (Lipinski definition) is 4. The Labute approximate surface area is 149 Å². The summed E-state index contributed by atoms with van der Waals surface area (Å²) in [6.45, 7) is 4.55. The maximum absolute atomic E-state index is 13.2. The van der Waals surface area contributed by atoms with E-state index >= 15 is 0 Å². The second-order valence-electron chi connectivity index (χ2n) is 7.00. The number of rotatable bonds is 5. The molecule has 1 saturated carbocycles. The van der Waals surface area contributed by atoms with E-state index in [2.05, 4.69) is 9.88 Å². The first-order valence-corrected chi connectivity index (χ1v) is 9.38. The summed E-state index contributed by atoms with van der Waals surface area (Å²) in [5.74, 6) is 0.926. The zero-order valence-electron chi connectivity index (χ0n) is 15.0. The van der Waals surface area contributed by atoms with Crippen LogP contribution < -0.4 is 4.90 Å². The third-order valence-electron chi connectivity index (χ3n) is 5.18. The fraction of sp³-hybridized carbons (Fsp3) is 0.684. The lowest BCUT2D eigenvalue weighted by Crippen LogP contribution is -2.50. The van der Waals surface area contributed by atoms with Gasteiger partial charge in [0.2, 0.25) is 5.91 Å². The van der Waals surface area contributed by atoms with E-state index in [1.54, 1.807) is 12.3 Å². The van der Waals surface area contributed by atoms with Crippen molar-refractivity contribution in [3.05, 3.63) is 23.9 Å². The van der Waals surface area contributed by atoms with E-state index in [9.17, 15) is 9.18 Å². The number of carbonyl (C=O) groups excluding carboxylic acids is 1. The molecule has 1 atom stereocenters. The van der Waals surface area contributed by atoms with Gasteiger partial charge in [0.05, 0.1) is 6.10 Å². The van der Waals surface area contributed by atoms with Crippen molar-refractivity contribution in [2.45, 2.75) is 51.3 Å². The van der Waals surface area contributed by atoms with Crippen LogP contribution in [0.3, 0.4) is 0 Å². The Morgan fingerprint density at radius 1 is 1.24 bits per heavy atom. The molecule has 0 N–H and O–H groups in total. The number of halogens is 1. The Morgan fingerprint density at radius 2 is 1.96 bits per heavy atom. The predicted octanol–water partition coefficient (Wildman–Crippen LogP) is 3.11. The normalized spacial score (nSPS) is 20.6. The summed E-state index contributed by atoms with van der Waals surface area (Å²) in [7, 11) is 0. The van der Waals surface area contributed by atoms with Gasteiger partial charge in [-0.05, 0) is 25.8 Å². The third kappa shape index (κ3) is 4.91. The van der Waals surface area contributed by atoms with Crippen molar-refractivity contribution in [3.8, 4) is 0 Å². The minimum Gasteiger partial charge on any atom is -0.368 e. The summed E-state index contributed by atoms with van der Waals surface area (Å²) >= 11 is 0. The number of carbonyl (C=O) groups is 1. The van der Waals surface area contributed by atoms with Gasteiger partial charge in [-0.25, -0.2) is 9.37 Å². The number of amides is 1. The maximum atomic E-state index is 13.2. The second kappa shape index (κ2) is 8.61. The van der Waals surface area contributed by atoms with E-state index in [1.807, 2.05) is 11.0 Å². The zero-order chi connectivity index (χ0) is 17.6. The molecule has 1 aromatic heterocycles.